The molecule has 0 spiro atoms. The Hall–Kier alpha value is -5.84. The van der Waals surface area contributed by atoms with E-state index in [9.17, 15) is 43.2 Å². The molecule has 5 atom stereocenters. The van der Waals surface area contributed by atoms with E-state index in [0.29, 0.717) is 38.5 Å². The maximum Gasteiger partial charge on any atom is 0.472 e. The van der Waals surface area contributed by atoms with Gasteiger partial charge in [-0.1, -0.05) is 338 Å². The zero-order chi connectivity index (χ0) is 81.7. The van der Waals surface area contributed by atoms with Crippen molar-refractivity contribution in [2.75, 3.05) is 39.6 Å². The van der Waals surface area contributed by atoms with Crippen LogP contribution < -0.4 is 0 Å². The van der Waals surface area contributed by atoms with E-state index < -0.39 is 97.5 Å². The molecular formula is C93H152O17P2. The highest BCUT2D eigenvalue weighted by molar-refractivity contribution is 7.47. The van der Waals surface area contributed by atoms with Crippen LogP contribution in [0.3, 0.4) is 0 Å². The van der Waals surface area contributed by atoms with Crippen molar-refractivity contribution < 1.29 is 80.2 Å². The molecule has 112 heavy (non-hydrogen) atoms. The second-order valence-electron chi connectivity index (χ2n) is 28.0. The van der Waals surface area contributed by atoms with E-state index in [2.05, 4.69) is 174 Å². The number of carbonyl (C=O) groups excluding carboxylic acids is 4. The van der Waals surface area contributed by atoms with Gasteiger partial charge in [0.15, 0.2) is 12.2 Å². The number of carbonyl (C=O) groups is 4. The van der Waals surface area contributed by atoms with Crippen molar-refractivity contribution in [3.05, 3.63) is 182 Å². The number of hydrogen-bond donors (Lipinski definition) is 3. The Morgan fingerprint density at radius 1 is 0.259 bits per heavy atom. The van der Waals surface area contributed by atoms with Crippen molar-refractivity contribution in [1.82, 2.24) is 0 Å². The van der Waals surface area contributed by atoms with Gasteiger partial charge in [0.05, 0.1) is 26.4 Å². The molecule has 636 valence electrons. The molecule has 0 aromatic rings. The van der Waals surface area contributed by atoms with Gasteiger partial charge in [-0.25, -0.2) is 9.13 Å². The van der Waals surface area contributed by atoms with Gasteiger partial charge in [0, 0.05) is 25.7 Å². The topological polar surface area (TPSA) is 237 Å². The van der Waals surface area contributed by atoms with Crippen molar-refractivity contribution in [2.24, 2.45) is 0 Å². The predicted octanol–water partition coefficient (Wildman–Crippen LogP) is 25.9. The number of ether oxygens (including phenoxy) is 4. The average molecular weight is 1600 g/mol. The van der Waals surface area contributed by atoms with Crippen LogP contribution in [0.2, 0.25) is 0 Å². The quantitative estimate of drug-likeness (QED) is 0.0169. The number of phosphoric ester groups is 2. The van der Waals surface area contributed by atoms with Gasteiger partial charge in [-0.3, -0.25) is 37.3 Å². The van der Waals surface area contributed by atoms with Crippen molar-refractivity contribution in [1.29, 1.82) is 0 Å². The van der Waals surface area contributed by atoms with Crippen LogP contribution >= 0.6 is 15.6 Å². The lowest BCUT2D eigenvalue weighted by Crippen LogP contribution is -2.30. The molecule has 0 saturated carbocycles. The van der Waals surface area contributed by atoms with E-state index in [4.69, 9.17) is 37.0 Å². The molecule has 0 amide bonds. The predicted molar refractivity (Wildman–Crippen MR) is 463 cm³/mol. The number of unbranched alkanes of at least 4 members (excludes halogenated alkanes) is 23. The molecule has 0 rings (SSSR count). The van der Waals surface area contributed by atoms with E-state index in [1.807, 2.05) is 36.5 Å². The number of aliphatic hydroxyl groups is 1. The molecule has 0 aliphatic rings. The molecule has 0 heterocycles. The second-order valence-corrected chi connectivity index (χ2v) is 30.9. The van der Waals surface area contributed by atoms with Crippen LogP contribution in [0.5, 0.6) is 0 Å². The lowest BCUT2D eigenvalue weighted by molar-refractivity contribution is -0.161. The Bertz CT molecular complexity index is 2840. The van der Waals surface area contributed by atoms with Gasteiger partial charge in [-0.05, 0) is 141 Å². The zero-order valence-corrected chi connectivity index (χ0v) is 71.6. The molecular weight excluding hydrogens is 1450 g/mol. The highest BCUT2D eigenvalue weighted by Gasteiger charge is 2.30. The first-order valence-electron chi connectivity index (χ1n) is 43.0. The number of hydrogen-bond acceptors (Lipinski definition) is 15. The van der Waals surface area contributed by atoms with E-state index in [1.165, 1.54) is 83.5 Å². The summed E-state index contributed by atoms with van der Waals surface area (Å²) in [6.07, 6.45) is 102. The monoisotopic (exact) mass is 1600 g/mol. The summed E-state index contributed by atoms with van der Waals surface area (Å²) in [5.74, 6) is -2.39. The lowest BCUT2D eigenvalue weighted by atomic mass is 10.0. The molecule has 0 bridgehead atoms. The van der Waals surface area contributed by atoms with Crippen molar-refractivity contribution in [2.45, 2.75) is 341 Å². The van der Waals surface area contributed by atoms with E-state index in [-0.39, 0.29) is 25.7 Å². The SMILES string of the molecule is CC/C=C\C/C=C\C/C=C\C/C=C\C/C=C\C/C=C\CCC(=O)OCC(COP(=O)(O)OCC(O)COP(=O)(O)OCC(COC(=O)CC/C=C\C/C=C\C/C=C\C/C=C\C/C=C\C/C=C\CC)OC(=O)CCCCCCCCCCCCCCCCC)OC(=O)CCCCCCCC/C=C\C/C=C\C/C=C\CCCCC. The highest BCUT2D eigenvalue weighted by Crippen LogP contribution is 2.45. The third kappa shape index (κ3) is 82.2. The van der Waals surface area contributed by atoms with Gasteiger partial charge >= 0.3 is 39.5 Å². The minimum Gasteiger partial charge on any atom is -0.462 e. The number of esters is 4. The van der Waals surface area contributed by atoms with Crippen LogP contribution in [0, 0.1) is 0 Å². The Balaban J connectivity index is 5.53. The average Bonchev–Trinajstić information content (AvgIpc) is 0.898. The summed E-state index contributed by atoms with van der Waals surface area (Å²) in [6.45, 7) is 4.46. The van der Waals surface area contributed by atoms with Gasteiger partial charge in [0.25, 0.3) is 0 Å². The Morgan fingerprint density at radius 2 is 0.482 bits per heavy atom. The van der Waals surface area contributed by atoms with Crippen LogP contribution in [-0.4, -0.2) is 96.7 Å². The Kier molecular flexibility index (Phi) is 78.8. The fourth-order valence-electron chi connectivity index (χ4n) is 10.9. The Labute approximate surface area is 679 Å². The van der Waals surface area contributed by atoms with E-state index in [1.54, 1.807) is 0 Å². The normalized spacial score (nSPS) is 14.7. The largest absolute Gasteiger partial charge is 0.472 e. The molecule has 0 saturated heterocycles. The highest BCUT2D eigenvalue weighted by atomic mass is 31.2. The zero-order valence-electron chi connectivity index (χ0n) is 69.8. The van der Waals surface area contributed by atoms with Crippen molar-refractivity contribution in [3.63, 3.8) is 0 Å². The molecule has 0 aliphatic heterocycles. The second kappa shape index (κ2) is 83.1. The third-order valence-electron chi connectivity index (χ3n) is 17.4. The van der Waals surface area contributed by atoms with Crippen LogP contribution in [0.25, 0.3) is 0 Å². The standard InChI is InChI=1S/C93H152O17P2/c1-5-9-13-17-21-25-29-33-37-40-43-46-50-53-57-61-65-69-73-77-90(95)103-83-88(109-92(97)79-75-71-67-63-59-55-49-36-32-28-24-20-16-12-8-4)85-107-111(99,100)105-81-87(94)82-106-112(101,102)108-86-89(110-93(98)80-76-72-68-64-60-56-52-48-45-42-39-35-31-27-23-19-15-11-7-3)84-104-91(96)78-74-70-66-62-58-54-51-47-44-41-38-34-30-26-22-18-14-10-6-2/h9-10,13-14,21-23,25-27,33-35,37-39,43-48,53-54,57-58,65-66,69-70,87-89,94H,5-8,11-12,15-20,24,28-32,36,40-42,49-52,55-56,59-64,67-68,71-86H2,1-4H3,(H,99,100)(H,101,102)/b13-9-,14-10-,25-21-,26-22-,27-23-,37-33-,38-34-,39-35-,46-43-,47-44-,48-45-,57-53-,58-54-,69-65-,70-66-. The van der Waals surface area contributed by atoms with Gasteiger partial charge in [0.1, 0.15) is 19.3 Å². The molecule has 0 aliphatic carbocycles. The van der Waals surface area contributed by atoms with E-state index >= 15 is 0 Å². The minimum absolute atomic E-state index is 0.0258. The van der Waals surface area contributed by atoms with Gasteiger partial charge in [0.2, 0.25) is 0 Å². The molecule has 19 heteroatoms. The minimum atomic E-state index is -5.02. The van der Waals surface area contributed by atoms with Crippen LogP contribution in [0.4, 0.5) is 0 Å². The fraction of sp³-hybridized carbons (Fsp3) is 0.634. The van der Waals surface area contributed by atoms with Gasteiger partial charge < -0.3 is 33.8 Å². The fourth-order valence-corrected chi connectivity index (χ4v) is 12.5. The lowest BCUT2D eigenvalue weighted by Gasteiger charge is -2.21. The van der Waals surface area contributed by atoms with Crippen LogP contribution in [-0.2, 0) is 65.4 Å². The summed E-state index contributed by atoms with van der Waals surface area (Å²) in [5, 5.41) is 10.7. The summed E-state index contributed by atoms with van der Waals surface area (Å²) in [7, 11) is -10.0. The van der Waals surface area contributed by atoms with E-state index in [0.717, 1.165) is 148 Å². The maximum absolute atomic E-state index is 13.1. The maximum atomic E-state index is 13.1. The number of rotatable bonds is 79. The molecule has 0 fully saturated rings. The van der Waals surface area contributed by atoms with Gasteiger partial charge in [-0.15, -0.1) is 0 Å². The summed E-state index contributed by atoms with van der Waals surface area (Å²) in [5.41, 5.74) is 0. The summed E-state index contributed by atoms with van der Waals surface area (Å²) < 4.78 is 68.7. The molecule has 0 radical (unpaired) electrons. The molecule has 0 aromatic carbocycles. The summed E-state index contributed by atoms with van der Waals surface area (Å²) in [6, 6.07) is 0. The van der Waals surface area contributed by atoms with Gasteiger partial charge in [-0.2, -0.15) is 0 Å². The first-order valence-corrected chi connectivity index (χ1v) is 46.0. The molecule has 17 nitrogen and oxygen atoms in total. The first kappa shape index (κ1) is 106. The van der Waals surface area contributed by atoms with Crippen molar-refractivity contribution in [3.8, 4) is 0 Å². The van der Waals surface area contributed by atoms with Crippen LogP contribution in [0.1, 0.15) is 323 Å². The molecule has 3 N–H and O–H groups in total. The number of phosphoric acid groups is 2. The Morgan fingerprint density at radius 3 is 0.768 bits per heavy atom. The first-order chi connectivity index (χ1) is 54.7. The summed E-state index contributed by atoms with van der Waals surface area (Å²) in [4.78, 5) is 73.2. The third-order valence-corrected chi connectivity index (χ3v) is 19.3. The smallest absolute Gasteiger partial charge is 0.462 e. The summed E-state index contributed by atoms with van der Waals surface area (Å²) >= 11 is 0. The number of allylic oxidation sites excluding steroid dienone is 30. The number of aliphatic hydroxyl groups excluding tert-OH is 1. The molecule has 5 unspecified atom stereocenters. The van der Waals surface area contributed by atoms with Crippen LogP contribution in [0.15, 0.2) is 182 Å². The molecule has 0 aromatic heterocycles. The van der Waals surface area contributed by atoms with Crippen molar-refractivity contribution >= 4 is 39.5 Å².